The molecule has 1 heterocycles. The zero-order chi connectivity index (χ0) is 27.0. The van der Waals surface area contributed by atoms with Crippen LogP contribution in [0.5, 0.6) is 0 Å². The summed E-state index contributed by atoms with van der Waals surface area (Å²) in [5.41, 5.74) is 3.30. The van der Waals surface area contributed by atoms with Crippen LogP contribution in [0.2, 0.25) is 0 Å². The lowest BCUT2D eigenvalue weighted by molar-refractivity contribution is -0.143. The number of Topliss-reactive ketones (excluding diaryl/α,β-unsaturated/α-hetero) is 1. The Bertz CT molecular complexity index is 1120. The number of nitrogens with zero attached hydrogens (tertiary/aromatic N) is 1. The first-order valence-electron chi connectivity index (χ1n) is 12.0. The van der Waals surface area contributed by atoms with Crippen molar-refractivity contribution in [2.45, 2.75) is 65.4 Å². The number of hydrogen-bond acceptors (Lipinski definition) is 7. The number of ketones is 1. The Balaban J connectivity index is 2.72. The molecule has 1 aromatic heterocycles. The van der Waals surface area contributed by atoms with Crippen LogP contribution in [0.15, 0.2) is 30.3 Å². The summed E-state index contributed by atoms with van der Waals surface area (Å²) in [5, 5.41) is 10.5. The van der Waals surface area contributed by atoms with Gasteiger partial charge in [-0.05, 0) is 48.6 Å². The number of ether oxygens (including phenoxy) is 2. The van der Waals surface area contributed by atoms with Crippen LogP contribution < -0.4 is 0 Å². The topological polar surface area (TPSA) is 103 Å². The SMILES string of the molecule is CCOC(=O)c1c(C(C)C)nc(-c2ccc(F)cc2)c(C=CC(O)CC(=O)CC(=O)OC)c1C(C)C. The summed E-state index contributed by atoms with van der Waals surface area (Å²) in [4.78, 5) is 41.3. The van der Waals surface area contributed by atoms with Gasteiger partial charge < -0.3 is 14.6 Å². The van der Waals surface area contributed by atoms with E-state index < -0.39 is 36.1 Å². The van der Waals surface area contributed by atoms with Crippen LogP contribution in [0.1, 0.15) is 86.5 Å². The molecule has 2 aromatic rings. The maximum absolute atomic E-state index is 13.7. The highest BCUT2D eigenvalue weighted by molar-refractivity contribution is 5.96. The summed E-state index contributed by atoms with van der Waals surface area (Å²) >= 11 is 0. The molecule has 1 N–H and O–H groups in total. The first kappa shape index (κ1) is 28.8. The van der Waals surface area contributed by atoms with E-state index in [4.69, 9.17) is 9.72 Å². The molecule has 0 aliphatic carbocycles. The molecule has 8 heteroatoms. The molecular weight excluding hydrogens is 465 g/mol. The maximum Gasteiger partial charge on any atom is 0.340 e. The van der Waals surface area contributed by atoms with E-state index >= 15 is 0 Å². The molecule has 1 atom stereocenters. The van der Waals surface area contributed by atoms with Gasteiger partial charge >= 0.3 is 11.9 Å². The van der Waals surface area contributed by atoms with Crippen molar-refractivity contribution >= 4 is 23.8 Å². The molecule has 0 spiro atoms. The third kappa shape index (κ3) is 7.31. The van der Waals surface area contributed by atoms with Crippen LogP contribution in [0.25, 0.3) is 17.3 Å². The lowest BCUT2D eigenvalue weighted by Gasteiger charge is -2.23. The Morgan fingerprint density at radius 1 is 1.08 bits per heavy atom. The number of carbonyl (C=O) groups is 3. The van der Waals surface area contributed by atoms with Crippen LogP contribution in [0, 0.1) is 5.82 Å². The van der Waals surface area contributed by atoms with Crippen LogP contribution >= 0.6 is 0 Å². The van der Waals surface area contributed by atoms with Crippen LogP contribution in [-0.4, -0.2) is 47.6 Å². The van der Waals surface area contributed by atoms with Gasteiger partial charge in [-0.25, -0.2) is 9.18 Å². The Labute approximate surface area is 211 Å². The van der Waals surface area contributed by atoms with Crippen molar-refractivity contribution in [3.8, 4) is 11.3 Å². The minimum absolute atomic E-state index is 0.110. The third-order valence-electron chi connectivity index (χ3n) is 5.52. The second kappa shape index (κ2) is 13.1. The lowest BCUT2D eigenvalue weighted by atomic mass is 9.85. The molecule has 7 nitrogen and oxygen atoms in total. The van der Waals surface area contributed by atoms with Crippen LogP contribution in [0.4, 0.5) is 4.39 Å². The number of benzene rings is 1. The Morgan fingerprint density at radius 2 is 1.72 bits per heavy atom. The second-order valence-corrected chi connectivity index (χ2v) is 9.01. The van der Waals surface area contributed by atoms with Gasteiger partial charge in [0.05, 0.1) is 36.8 Å². The van der Waals surface area contributed by atoms with Crippen molar-refractivity contribution in [2.24, 2.45) is 0 Å². The molecule has 194 valence electrons. The molecule has 0 saturated heterocycles. The first-order chi connectivity index (χ1) is 17.0. The van der Waals surface area contributed by atoms with Gasteiger partial charge in [0.15, 0.2) is 0 Å². The van der Waals surface area contributed by atoms with Crippen LogP contribution in [0.3, 0.4) is 0 Å². The van der Waals surface area contributed by atoms with Crippen molar-refractivity contribution in [1.82, 2.24) is 4.98 Å². The molecule has 0 bridgehead atoms. The van der Waals surface area contributed by atoms with Gasteiger partial charge in [0.25, 0.3) is 0 Å². The largest absolute Gasteiger partial charge is 0.469 e. The number of aliphatic hydroxyl groups is 1. The molecule has 1 aromatic carbocycles. The van der Waals surface area contributed by atoms with E-state index in [1.165, 1.54) is 25.3 Å². The van der Waals surface area contributed by atoms with Crippen molar-refractivity contribution in [1.29, 1.82) is 0 Å². The van der Waals surface area contributed by atoms with Crippen LogP contribution in [-0.2, 0) is 19.1 Å². The normalized spacial score (nSPS) is 12.3. The van der Waals surface area contributed by atoms with Gasteiger partial charge in [-0.2, -0.15) is 0 Å². The Kier molecular flexibility index (Phi) is 10.5. The number of carbonyl (C=O) groups excluding carboxylic acids is 3. The standard InChI is InChI=1S/C28H34FNO6/c1-7-36-28(34)25-24(16(2)3)22(13-12-20(31)14-21(32)15-23(33)35-6)27(30-26(25)17(4)5)18-8-10-19(29)11-9-18/h8-13,16-17,20,31H,7,14-15H2,1-6H3. The summed E-state index contributed by atoms with van der Waals surface area (Å²) in [6, 6.07) is 5.86. The Hall–Kier alpha value is -3.39. The summed E-state index contributed by atoms with van der Waals surface area (Å²) in [6.07, 6.45) is 1.14. The number of methoxy groups -OCH3 is 1. The minimum atomic E-state index is -1.18. The number of hydrogen-bond donors (Lipinski definition) is 1. The number of halogens is 1. The highest BCUT2D eigenvalue weighted by Gasteiger charge is 2.28. The van der Waals surface area contributed by atoms with Gasteiger partial charge in [-0.3, -0.25) is 14.6 Å². The minimum Gasteiger partial charge on any atom is -0.469 e. The molecule has 0 fully saturated rings. The maximum atomic E-state index is 13.7. The molecule has 0 amide bonds. The second-order valence-electron chi connectivity index (χ2n) is 9.01. The van der Waals surface area contributed by atoms with Crippen molar-refractivity contribution in [2.75, 3.05) is 13.7 Å². The summed E-state index contributed by atoms with van der Waals surface area (Å²) in [5.74, 6) is -2.28. The molecule has 0 aliphatic rings. The van der Waals surface area contributed by atoms with E-state index in [1.54, 1.807) is 25.1 Å². The summed E-state index contributed by atoms with van der Waals surface area (Å²) in [6.45, 7) is 9.64. The van der Waals surface area contributed by atoms with E-state index in [9.17, 15) is 23.9 Å². The zero-order valence-corrected chi connectivity index (χ0v) is 21.6. The summed E-state index contributed by atoms with van der Waals surface area (Å²) in [7, 11) is 1.19. The number of rotatable bonds is 11. The zero-order valence-electron chi connectivity index (χ0n) is 21.6. The Morgan fingerprint density at radius 3 is 2.25 bits per heavy atom. The first-order valence-corrected chi connectivity index (χ1v) is 12.0. The predicted octanol–water partition coefficient (Wildman–Crippen LogP) is 5.21. The molecule has 1 unspecified atom stereocenters. The van der Waals surface area contributed by atoms with Gasteiger partial charge in [0, 0.05) is 17.5 Å². The molecule has 36 heavy (non-hydrogen) atoms. The van der Waals surface area contributed by atoms with Crippen molar-refractivity contribution in [3.05, 3.63) is 58.5 Å². The average molecular weight is 500 g/mol. The number of aliphatic hydroxyl groups excluding tert-OH is 1. The van der Waals surface area contributed by atoms with E-state index in [-0.39, 0.29) is 24.9 Å². The third-order valence-corrected chi connectivity index (χ3v) is 5.52. The monoisotopic (exact) mass is 499 g/mol. The fourth-order valence-corrected chi connectivity index (χ4v) is 3.88. The lowest BCUT2D eigenvalue weighted by Crippen LogP contribution is -2.18. The quantitative estimate of drug-likeness (QED) is 0.334. The van der Waals surface area contributed by atoms with Gasteiger partial charge in [-0.1, -0.05) is 39.8 Å². The van der Waals surface area contributed by atoms with E-state index in [0.29, 0.717) is 33.6 Å². The molecule has 0 aliphatic heterocycles. The van der Waals surface area contributed by atoms with Gasteiger partial charge in [0.1, 0.15) is 18.0 Å². The smallest absolute Gasteiger partial charge is 0.340 e. The van der Waals surface area contributed by atoms with Gasteiger partial charge in [-0.15, -0.1) is 0 Å². The van der Waals surface area contributed by atoms with Crippen molar-refractivity contribution < 1.29 is 33.4 Å². The molecular formula is C28H34FNO6. The highest BCUT2D eigenvalue weighted by atomic mass is 19.1. The molecule has 2 rings (SSSR count). The predicted molar refractivity (Wildman–Crippen MR) is 135 cm³/mol. The number of esters is 2. The van der Waals surface area contributed by atoms with Crippen molar-refractivity contribution in [3.63, 3.8) is 0 Å². The fraction of sp³-hybridized carbons (Fsp3) is 0.429. The molecule has 0 radical (unpaired) electrons. The van der Waals surface area contributed by atoms with Gasteiger partial charge in [0.2, 0.25) is 0 Å². The summed E-state index contributed by atoms with van der Waals surface area (Å²) < 4.78 is 23.5. The number of pyridine rings is 1. The highest BCUT2D eigenvalue weighted by Crippen LogP contribution is 2.37. The van der Waals surface area contributed by atoms with E-state index in [1.807, 2.05) is 27.7 Å². The number of aromatic nitrogens is 1. The van der Waals surface area contributed by atoms with E-state index in [0.717, 1.165) is 0 Å². The molecule has 0 saturated carbocycles. The average Bonchev–Trinajstić information content (AvgIpc) is 2.81. The fourth-order valence-electron chi connectivity index (χ4n) is 3.88. The van der Waals surface area contributed by atoms with E-state index in [2.05, 4.69) is 4.74 Å².